The van der Waals surface area contributed by atoms with Crippen molar-refractivity contribution < 1.29 is 38.5 Å². The first-order chi connectivity index (χ1) is 18.6. The van der Waals surface area contributed by atoms with Crippen molar-refractivity contribution in [1.29, 1.82) is 0 Å². The first-order valence-electron chi connectivity index (χ1n) is 14.5. The Balaban J connectivity index is 1.51. The van der Waals surface area contributed by atoms with Gasteiger partial charge in [0.1, 0.15) is 5.60 Å². The summed E-state index contributed by atoms with van der Waals surface area (Å²) in [6.07, 6.45) is 4.98. The molecule has 0 bridgehead atoms. The van der Waals surface area contributed by atoms with Crippen LogP contribution in [0.5, 0.6) is 0 Å². The highest BCUT2D eigenvalue weighted by Gasteiger charge is 2.75. The van der Waals surface area contributed by atoms with E-state index in [-0.39, 0.29) is 24.0 Å². The van der Waals surface area contributed by atoms with Crippen molar-refractivity contribution in [2.24, 2.45) is 40.4 Å². The molecule has 4 aliphatic rings. The summed E-state index contributed by atoms with van der Waals surface area (Å²) < 4.78 is 22.6. The number of ketones is 2. The number of hydrogen-bond donors (Lipinski definition) is 3. The summed E-state index contributed by atoms with van der Waals surface area (Å²) in [7, 11) is 1.55. The molecule has 4 rings (SSSR count). The van der Waals surface area contributed by atoms with Gasteiger partial charge in [-0.3, -0.25) is 19.2 Å². The highest BCUT2D eigenvalue weighted by atomic mass is 19.1. The quantitative estimate of drug-likeness (QED) is 0.388. The van der Waals surface area contributed by atoms with Gasteiger partial charge in [-0.1, -0.05) is 39.3 Å². The Morgan fingerprint density at radius 1 is 1.18 bits per heavy atom. The maximum absolute atomic E-state index is 17.3. The highest BCUT2D eigenvalue weighted by Crippen LogP contribution is 2.70. The van der Waals surface area contributed by atoms with Crippen molar-refractivity contribution in [2.45, 2.75) is 90.5 Å². The van der Waals surface area contributed by atoms with Gasteiger partial charge in [-0.25, -0.2) is 4.39 Å². The first kappa shape index (κ1) is 30.6. The molecule has 8 nitrogen and oxygen atoms in total. The van der Waals surface area contributed by atoms with E-state index in [0.717, 1.165) is 0 Å². The number of aliphatic hydroxyl groups excluding tert-OH is 1. The van der Waals surface area contributed by atoms with Crippen LogP contribution in [-0.4, -0.2) is 64.7 Å². The van der Waals surface area contributed by atoms with Crippen molar-refractivity contribution in [3.05, 3.63) is 23.8 Å². The molecule has 10 atom stereocenters. The molecule has 0 aliphatic heterocycles. The van der Waals surface area contributed by atoms with Gasteiger partial charge >= 0.3 is 5.97 Å². The lowest BCUT2D eigenvalue weighted by Gasteiger charge is -2.62. The number of hydrogen-bond acceptors (Lipinski definition) is 7. The molecule has 9 heteroatoms. The van der Waals surface area contributed by atoms with E-state index in [2.05, 4.69) is 5.32 Å². The van der Waals surface area contributed by atoms with E-state index in [9.17, 15) is 29.4 Å². The number of ether oxygens (including phenoxy) is 1. The average Bonchev–Trinajstić information content (AvgIpc) is 3.11. The summed E-state index contributed by atoms with van der Waals surface area (Å²) in [4.78, 5) is 50.0. The third kappa shape index (κ3) is 4.30. The molecular weight excluding hydrogens is 517 g/mol. The monoisotopic (exact) mass is 561 g/mol. The molecule has 0 spiro atoms. The van der Waals surface area contributed by atoms with Gasteiger partial charge < -0.3 is 20.3 Å². The number of Topliss-reactive ketones (excluding diaryl/α,β-unsaturated/α-hetero) is 1. The number of carbonyl (C=O) groups excluding carboxylic acids is 4. The Morgan fingerprint density at radius 3 is 2.48 bits per heavy atom. The zero-order valence-corrected chi connectivity index (χ0v) is 24.5. The number of aliphatic hydroxyl groups is 2. The largest absolute Gasteiger partial charge is 0.457 e. The molecule has 3 saturated carbocycles. The molecule has 3 fully saturated rings. The number of fused-ring (bicyclic) bond motifs is 5. The van der Waals surface area contributed by atoms with Gasteiger partial charge in [0.2, 0.25) is 11.7 Å². The van der Waals surface area contributed by atoms with Crippen LogP contribution in [0.15, 0.2) is 23.8 Å². The van der Waals surface area contributed by atoms with E-state index in [1.54, 1.807) is 47.7 Å². The number of alkyl halides is 1. The lowest BCUT2D eigenvalue weighted by Crippen LogP contribution is -2.69. The van der Waals surface area contributed by atoms with Crippen molar-refractivity contribution in [3.63, 3.8) is 0 Å². The fourth-order valence-electron chi connectivity index (χ4n) is 8.52. The summed E-state index contributed by atoms with van der Waals surface area (Å²) >= 11 is 0. The molecule has 2 unspecified atom stereocenters. The third-order valence-electron chi connectivity index (χ3n) is 11.1. The molecule has 0 aromatic rings. The normalized spacial score (nSPS) is 41.6. The minimum atomic E-state index is -2.06. The average molecular weight is 562 g/mol. The van der Waals surface area contributed by atoms with E-state index >= 15 is 4.39 Å². The van der Waals surface area contributed by atoms with E-state index < -0.39 is 70.2 Å². The van der Waals surface area contributed by atoms with E-state index in [1.807, 2.05) is 0 Å². The minimum Gasteiger partial charge on any atom is -0.457 e. The van der Waals surface area contributed by atoms with Crippen LogP contribution in [0.3, 0.4) is 0 Å². The zero-order valence-electron chi connectivity index (χ0n) is 24.5. The summed E-state index contributed by atoms with van der Waals surface area (Å²) in [6, 6.07) is 0. The molecule has 3 N–H and O–H groups in total. The molecule has 1 amide bonds. The molecule has 222 valence electrons. The second-order valence-corrected chi connectivity index (χ2v) is 13.2. The molecule has 0 aromatic heterocycles. The highest BCUT2D eigenvalue weighted by molar-refractivity contribution is 6.01. The Morgan fingerprint density at radius 2 is 1.82 bits per heavy atom. The topological polar surface area (TPSA) is 130 Å². The van der Waals surface area contributed by atoms with Gasteiger partial charge in [-0.15, -0.1) is 0 Å². The summed E-state index contributed by atoms with van der Waals surface area (Å²) in [5, 5.41) is 26.0. The van der Waals surface area contributed by atoms with Crippen molar-refractivity contribution in [3.8, 4) is 0 Å². The number of allylic oxidation sites excluding steroid dienone is 4. The van der Waals surface area contributed by atoms with E-state index in [0.29, 0.717) is 37.7 Å². The Bertz CT molecular complexity index is 1150. The second-order valence-electron chi connectivity index (χ2n) is 13.2. The Labute approximate surface area is 235 Å². The number of nitrogens with one attached hydrogen (secondary N) is 1. The number of esters is 1. The van der Waals surface area contributed by atoms with Crippen molar-refractivity contribution in [2.75, 3.05) is 13.7 Å². The fraction of sp³-hybridized carbons (Fsp3) is 0.742. The van der Waals surface area contributed by atoms with Gasteiger partial charge in [0, 0.05) is 29.7 Å². The number of carbonyl (C=O) groups is 4. The minimum absolute atomic E-state index is 0.116. The van der Waals surface area contributed by atoms with Gasteiger partial charge in [-0.2, -0.15) is 0 Å². The lowest BCUT2D eigenvalue weighted by atomic mass is 9.44. The predicted octanol–water partition coefficient (Wildman–Crippen LogP) is 3.25. The number of rotatable bonds is 8. The van der Waals surface area contributed by atoms with Crippen molar-refractivity contribution >= 4 is 23.4 Å². The molecule has 0 radical (unpaired) electrons. The molecule has 0 saturated heterocycles. The molecule has 4 aliphatic carbocycles. The molecular formula is C31H44FNO7. The van der Waals surface area contributed by atoms with Gasteiger partial charge in [-0.05, 0) is 69.4 Å². The van der Waals surface area contributed by atoms with Gasteiger partial charge in [0.05, 0.1) is 12.0 Å². The Kier molecular flexibility index (Phi) is 8.00. The van der Waals surface area contributed by atoms with Gasteiger partial charge in [0.25, 0.3) is 0 Å². The van der Waals surface area contributed by atoms with E-state index in [4.69, 9.17) is 4.74 Å². The molecule has 40 heavy (non-hydrogen) atoms. The fourth-order valence-corrected chi connectivity index (χ4v) is 8.52. The van der Waals surface area contributed by atoms with Crippen molar-refractivity contribution in [1.82, 2.24) is 5.32 Å². The summed E-state index contributed by atoms with van der Waals surface area (Å²) in [6.45, 7) is 8.06. The maximum Gasteiger partial charge on any atom is 0.309 e. The molecule has 0 heterocycles. The lowest BCUT2D eigenvalue weighted by molar-refractivity contribution is -0.220. The van der Waals surface area contributed by atoms with Crippen LogP contribution in [0.2, 0.25) is 0 Å². The van der Waals surface area contributed by atoms with E-state index in [1.165, 1.54) is 12.2 Å². The summed E-state index contributed by atoms with van der Waals surface area (Å²) in [5.74, 6) is -3.90. The number of amides is 1. The molecule has 0 aromatic carbocycles. The first-order valence-corrected chi connectivity index (χ1v) is 14.5. The number of halogens is 1. The second kappa shape index (κ2) is 10.5. The van der Waals surface area contributed by atoms with Crippen LogP contribution in [0.1, 0.15) is 73.1 Å². The third-order valence-corrected chi connectivity index (χ3v) is 11.1. The van der Waals surface area contributed by atoms with Crippen LogP contribution in [-0.2, 0) is 23.9 Å². The Hall–Kier alpha value is -2.39. The van der Waals surface area contributed by atoms with Gasteiger partial charge in [0.15, 0.2) is 18.1 Å². The standard InChI is InChI=1S/C31H44FNO7/c1-17(26(37)33-6)7-8-18(2)27(38)40-16-25(36)31(39)19(3)13-23-22-10-9-20-14-21(34)11-12-28(20,4)30(22,32)24(35)15-29(23,31)5/h11-12,14,17-19,22-24,35,39H,7-10,13,15-16H2,1-6H3,(H,33,37)/t17?,18?,19-,22+,23+,24+,28+,29+,30+,31+/m1/s1. The smallest absolute Gasteiger partial charge is 0.309 e. The van der Waals surface area contributed by atoms with Crippen LogP contribution >= 0.6 is 0 Å². The SMILES string of the molecule is CNC(=O)C(C)CCC(C)C(=O)OCC(=O)[C@@]1(O)[C@H](C)C[C@H]2[C@@H]3CCC4=CC(=O)C=C[C@]4(C)[C@@]3(F)[C@@H](O)C[C@@]21C. The van der Waals surface area contributed by atoms with Crippen LogP contribution < -0.4 is 5.32 Å². The predicted molar refractivity (Wildman–Crippen MR) is 145 cm³/mol. The van der Waals surface area contributed by atoms with Crippen LogP contribution in [0, 0.1) is 40.4 Å². The zero-order chi connectivity index (χ0) is 29.8. The van der Waals surface area contributed by atoms with Crippen LogP contribution in [0.4, 0.5) is 4.39 Å². The summed E-state index contributed by atoms with van der Waals surface area (Å²) in [5.41, 5.74) is -5.58. The maximum atomic E-state index is 17.3. The van der Waals surface area contributed by atoms with Crippen LogP contribution in [0.25, 0.3) is 0 Å².